The first kappa shape index (κ1) is 12.6. The molecular formula is C13H12ClFOS. The van der Waals surface area contributed by atoms with Crippen LogP contribution < -0.4 is 0 Å². The minimum atomic E-state index is -0.638. The average molecular weight is 271 g/mol. The number of halogens is 2. The summed E-state index contributed by atoms with van der Waals surface area (Å²) < 4.78 is 13.1. The predicted molar refractivity (Wildman–Crippen MR) is 69.1 cm³/mol. The van der Waals surface area contributed by atoms with Crippen molar-refractivity contribution in [1.29, 1.82) is 0 Å². The molecule has 0 bridgehead atoms. The van der Waals surface area contributed by atoms with Crippen LogP contribution in [0.2, 0.25) is 5.02 Å². The molecule has 0 aliphatic carbocycles. The van der Waals surface area contributed by atoms with Crippen LogP contribution in [-0.4, -0.2) is 5.11 Å². The first-order valence-electron chi connectivity index (χ1n) is 5.22. The quantitative estimate of drug-likeness (QED) is 0.889. The van der Waals surface area contributed by atoms with Gasteiger partial charge in [-0.05, 0) is 52.6 Å². The van der Waals surface area contributed by atoms with Gasteiger partial charge in [-0.2, -0.15) is 11.3 Å². The fraction of sp³-hybridized carbons (Fsp3) is 0.231. The number of aliphatic hydroxyl groups excluding tert-OH is 1. The summed E-state index contributed by atoms with van der Waals surface area (Å²) in [6.45, 7) is 1.95. The highest BCUT2D eigenvalue weighted by Gasteiger charge is 2.14. The highest BCUT2D eigenvalue weighted by molar-refractivity contribution is 7.08. The fourth-order valence-corrected chi connectivity index (χ4v) is 2.82. The lowest BCUT2D eigenvalue weighted by Gasteiger charge is -2.12. The molecule has 1 nitrogen and oxygen atoms in total. The molecule has 0 radical (unpaired) electrons. The molecule has 1 aromatic heterocycles. The smallest absolute Gasteiger partial charge is 0.123 e. The van der Waals surface area contributed by atoms with E-state index in [1.807, 2.05) is 17.7 Å². The first-order valence-corrected chi connectivity index (χ1v) is 6.54. The van der Waals surface area contributed by atoms with Gasteiger partial charge in [0.1, 0.15) is 5.82 Å². The minimum absolute atomic E-state index is 0.328. The van der Waals surface area contributed by atoms with E-state index >= 15 is 0 Å². The van der Waals surface area contributed by atoms with Crippen molar-refractivity contribution in [3.05, 3.63) is 56.5 Å². The second-order valence-corrected chi connectivity index (χ2v) is 5.12. The Kier molecular flexibility index (Phi) is 3.82. The number of aryl methyl sites for hydroxylation is 1. The molecule has 0 saturated heterocycles. The summed E-state index contributed by atoms with van der Waals surface area (Å²) in [6, 6.07) is 4.20. The maximum Gasteiger partial charge on any atom is 0.123 e. The zero-order valence-corrected chi connectivity index (χ0v) is 10.9. The molecule has 4 heteroatoms. The van der Waals surface area contributed by atoms with Gasteiger partial charge in [0.05, 0.1) is 6.10 Å². The minimum Gasteiger partial charge on any atom is -0.388 e. The van der Waals surface area contributed by atoms with E-state index in [0.29, 0.717) is 17.0 Å². The van der Waals surface area contributed by atoms with E-state index in [4.69, 9.17) is 11.6 Å². The molecule has 1 aromatic carbocycles. The molecule has 0 aliphatic rings. The molecule has 1 heterocycles. The van der Waals surface area contributed by atoms with E-state index in [1.165, 1.54) is 18.2 Å². The van der Waals surface area contributed by atoms with Gasteiger partial charge in [-0.25, -0.2) is 4.39 Å². The van der Waals surface area contributed by atoms with Crippen molar-refractivity contribution in [2.24, 2.45) is 0 Å². The Labute approximate surface area is 108 Å². The van der Waals surface area contributed by atoms with Gasteiger partial charge in [-0.1, -0.05) is 11.6 Å². The van der Waals surface area contributed by atoms with E-state index in [9.17, 15) is 9.50 Å². The highest BCUT2D eigenvalue weighted by atomic mass is 35.5. The van der Waals surface area contributed by atoms with Gasteiger partial charge in [-0.15, -0.1) is 0 Å². The topological polar surface area (TPSA) is 20.2 Å². The van der Waals surface area contributed by atoms with E-state index < -0.39 is 6.10 Å². The second-order valence-electron chi connectivity index (χ2n) is 3.97. The summed E-state index contributed by atoms with van der Waals surface area (Å²) in [4.78, 5) is 0. The Hall–Kier alpha value is -0.900. The van der Waals surface area contributed by atoms with Crippen LogP contribution in [0.1, 0.15) is 22.8 Å². The lowest BCUT2D eigenvalue weighted by molar-refractivity contribution is 0.178. The van der Waals surface area contributed by atoms with Crippen molar-refractivity contribution in [2.75, 3.05) is 0 Å². The van der Waals surface area contributed by atoms with Crippen molar-refractivity contribution in [2.45, 2.75) is 19.4 Å². The first-order chi connectivity index (χ1) is 8.08. The normalized spacial score (nSPS) is 12.7. The molecule has 1 atom stereocenters. The molecule has 17 heavy (non-hydrogen) atoms. The fourth-order valence-electron chi connectivity index (χ4n) is 1.73. The number of hydrogen-bond donors (Lipinski definition) is 1. The van der Waals surface area contributed by atoms with Crippen LogP contribution in [0, 0.1) is 12.7 Å². The standard InChI is InChI=1S/C13H12ClFOS/c1-8-6-17-7-11(8)13(16)5-9-4-10(15)2-3-12(9)14/h2-4,6-7,13,16H,5H2,1H3. The molecule has 0 aliphatic heterocycles. The molecule has 2 aromatic rings. The van der Waals surface area contributed by atoms with Crippen molar-refractivity contribution in [1.82, 2.24) is 0 Å². The molecular weight excluding hydrogens is 259 g/mol. The summed E-state index contributed by atoms with van der Waals surface area (Å²) in [5.41, 5.74) is 2.56. The Morgan fingerprint density at radius 1 is 1.41 bits per heavy atom. The number of aliphatic hydroxyl groups is 1. The third kappa shape index (κ3) is 2.86. The molecule has 2 rings (SSSR count). The predicted octanol–water partition coefficient (Wildman–Crippen LogP) is 4.13. The maximum absolute atomic E-state index is 13.1. The van der Waals surface area contributed by atoms with Crippen molar-refractivity contribution in [3.63, 3.8) is 0 Å². The van der Waals surface area contributed by atoms with Crippen LogP contribution in [0.4, 0.5) is 4.39 Å². The third-order valence-corrected chi connectivity index (χ3v) is 3.92. The Bertz CT molecular complexity index is 524. The molecule has 1 N–H and O–H groups in total. The molecule has 0 saturated carbocycles. The molecule has 0 fully saturated rings. The van der Waals surface area contributed by atoms with E-state index in [1.54, 1.807) is 11.3 Å². The Balaban J connectivity index is 2.21. The summed E-state index contributed by atoms with van der Waals surface area (Å²) >= 11 is 7.51. The summed E-state index contributed by atoms with van der Waals surface area (Å²) in [5, 5.41) is 14.5. The van der Waals surface area contributed by atoms with E-state index in [-0.39, 0.29) is 5.82 Å². The van der Waals surface area contributed by atoms with Crippen LogP contribution in [0.15, 0.2) is 29.0 Å². The van der Waals surface area contributed by atoms with Gasteiger partial charge < -0.3 is 5.11 Å². The monoisotopic (exact) mass is 270 g/mol. The van der Waals surface area contributed by atoms with Gasteiger partial charge >= 0.3 is 0 Å². The average Bonchev–Trinajstić information content (AvgIpc) is 2.70. The summed E-state index contributed by atoms with van der Waals surface area (Å²) in [6.07, 6.45) is -0.311. The van der Waals surface area contributed by atoms with Gasteiger partial charge in [-0.3, -0.25) is 0 Å². The number of thiophene rings is 1. The van der Waals surface area contributed by atoms with Crippen LogP contribution in [-0.2, 0) is 6.42 Å². The lowest BCUT2D eigenvalue weighted by Crippen LogP contribution is -2.03. The van der Waals surface area contributed by atoms with Crippen LogP contribution >= 0.6 is 22.9 Å². The number of rotatable bonds is 3. The van der Waals surface area contributed by atoms with Gasteiger partial charge in [0.25, 0.3) is 0 Å². The molecule has 1 unspecified atom stereocenters. The second kappa shape index (κ2) is 5.17. The maximum atomic E-state index is 13.1. The van der Waals surface area contributed by atoms with Crippen LogP contribution in [0.25, 0.3) is 0 Å². The zero-order chi connectivity index (χ0) is 12.4. The largest absolute Gasteiger partial charge is 0.388 e. The van der Waals surface area contributed by atoms with Gasteiger partial charge in [0, 0.05) is 11.4 Å². The summed E-state index contributed by atoms with van der Waals surface area (Å²) in [5.74, 6) is -0.335. The van der Waals surface area contributed by atoms with Crippen LogP contribution in [0.3, 0.4) is 0 Å². The van der Waals surface area contributed by atoms with Gasteiger partial charge in [0.15, 0.2) is 0 Å². The molecule has 0 amide bonds. The Morgan fingerprint density at radius 2 is 2.18 bits per heavy atom. The van der Waals surface area contributed by atoms with E-state index in [0.717, 1.165) is 11.1 Å². The molecule has 90 valence electrons. The van der Waals surface area contributed by atoms with E-state index in [2.05, 4.69) is 0 Å². The highest BCUT2D eigenvalue weighted by Crippen LogP contribution is 2.27. The van der Waals surface area contributed by atoms with Crippen LogP contribution in [0.5, 0.6) is 0 Å². The zero-order valence-electron chi connectivity index (χ0n) is 9.28. The van der Waals surface area contributed by atoms with Gasteiger partial charge in [0.2, 0.25) is 0 Å². The SMILES string of the molecule is Cc1cscc1C(O)Cc1cc(F)ccc1Cl. The van der Waals surface area contributed by atoms with Crippen molar-refractivity contribution in [3.8, 4) is 0 Å². The summed E-state index contributed by atoms with van der Waals surface area (Å²) in [7, 11) is 0. The number of hydrogen-bond acceptors (Lipinski definition) is 2. The van der Waals surface area contributed by atoms with Crippen molar-refractivity contribution < 1.29 is 9.50 Å². The lowest BCUT2D eigenvalue weighted by atomic mass is 10.0. The third-order valence-electron chi connectivity index (χ3n) is 2.68. The molecule has 0 spiro atoms. The Morgan fingerprint density at radius 3 is 2.82 bits per heavy atom. The number of benzene rings is 1. The van der Waals surface area contributed by atoms with Crippen molar-refractivity contribution >= 4 is 22.9 Å².